The Morgan fingerprint density at radius 3 is 3.31 bits per heavy atom. The molecule has 0 aliphatic carbocycles. The third kappa shape index (κ3) is 2.54. The molecule has 2 heterocycles. The van der Waals surface area contributed by atoms with Gasteiger partial charge in [0, 0.05) is 32.1 Å². The molecular weight excluding hydrogens is 166 g/mol. The summed E-state index contributed by atoms with van der Waals surface area (Å²) in [6.07, 6.45) is 4.79. The second-order valence-electron chi connectivity index (χ2n) is 3.28. The maximum atomic E-state index is 5.37. The molecule has 0 saturated carbocycles. The molecule has 2 rings (SSSR count). The average Bonchev–Trinajstić information content (AvgIpc) is 2.49. The van der Waals surface area contributed by atoms with Gasteiger partial charge >= 0.3 is 0 Å². The van der Waals surface area contributed by atoms with E-state index in [9.17, 15) is 0 Å². The van der Waals surface area contributed by atoms with Crippen LogP contribution in [0.5, 0.6) is 0 Å². The lowest BCUT2D eigenvalue weighted by molar-refractivity contribution is 0.140. The Kier molecular flexibility index (Phi) is 2.94. The lowest BCUT2D eigenvalue weighted by Gasteiger charge is -2.16. The summed E-state index contributed by atoms with van der Waals surface area (Å²) in [6, 6.07) is 0. The van der Waals surface area contributed by atoms with E-state index in [4.69, 9.17) is 4.74 Å². The molecule has 0 unspecified atom stereocenters. The van der Waals surface area contributed by atoms with Crippen LogP contribution >= 0.6 is 0 Å². The first kappa shape index (κ1) is 8.72. The van der Waals surface area contributed by atoms with Gasteiger partial charge in [-0.25, -0.2) is 4.98 Å². The summed E-state index contributed by atoms with van der Waals surface area (Å²) in [7, 11) is 0. The monoisotopic (exact) mass is 181 g/mol. The van der Waals surface area contributed by atoms with Gasteiger partial charge < -0.3 is 9.72 Å². The van der Waals surface area contributed by atoms with Crippen molar-refractivity contribution in [2.75, 3.05) is 26.3 Å². The lowest BCUT2D eigenvalue weighted by Crippen LogP contribution is -2.26. The van der Waals surface area contributed by atoms with Gasteiger partial charge in [0.25, 0.3) is 0 Å². The summed E-state index contributed by atoms with van der Waals surface area (Å²) in [4.78, 5) is 9.68. The quantitative estimate of drug-likeness (QED) is 0.727. The van der Waals surface area contributed by atoms with E-state index >= 15 is 0 Å². The van der Waals surface area contributed by atoms with E-state index in [1.165, 1.54) is 0 Å². The van der Waals surface area contributed by atoms with Crippen molar-refractivity contribution in [2.24, 2.45) is 0 Å². The number of ether oxygens (including phenoxy) is 1. The van der Waals surface area contributed by atoms with Crippen LogP contribution in [0, 0.1) is 0 Å². The van der Waals surface area contributed by atoms with E-state index in [-0.39, 0.29) is 0 Å². The predicted molar refractivity (Wildman–Crippen MR) is 49.3 cm³/mol. The van der Waals surface area contributed by atoms with E-state index in [1.807, 2.05) is 6.20 Å². The third-order valence-corrected chi connectivity index (χ3v) is 2.24. The fraction of sp³-hybridized carbons (Fsp3) is 0.667. The minimum Gasteiger partial charge on any atom is -0.380 e. The number of rotatable bonds is 2. The first-order valence-corrected chi connectivity index (χ1v) is 4.73. The maximum absolute atomic E-state index is 5.37. The van der Waals surface area contributed by atoms with Gasteiger partial charge in [-0.2, -0.15) is 0 Å². The Morgan fingerprint density at radius 1 is 1.46 bits per heavy atom. The van der Waals surface area contributed by atoms with Gasteiger partial charge in [0.15, 0.2) is 0 Å². The number of nitrogens with one attached hydrogen (secondary N) is 1. The molecule has 1 aliphatic rings. The number of H-pyrrole nitrogens is 1. The van der Waals surface area contributed by atoms with Gasteiger partial charge in [-0.05, 0) is 6.42 Å². The number of hydrogen-bond acceptors (Lipinski definition) is 3. The number of nitrogens with zero attached hydrogens (tertiary/aromatic N) is 2. The van der Waals surface area contributed by atoms with E-state index in [0.29, 0.717) is 0 Å². The highest BCUT2D eigenvalue weighted by atomic mass is 16.5. The summed E-state index contributed by atoms with van der Waals surface area (Å²) in [6.45, 7) is 4.78. The van der Waals surface area contributed by atoms with Crippen LogP contribution in [0.2, 0.25) is 0 Å². The van der Waals surface area contributed by atoms with Gasteiger partial charge in [0.1, 0.15) is 5.82 Å². The maximum Gasteiger partial charge on any atom is 0.120 e. The van der Waals surface area contributed by atoms with E-state index in [1.54, 1.807) is 6.20 Å². The van der Waals surface area contributed by atoms with Crippen molar-refractivity contribution in [3.8, 4) is 0 Å². The van der Waals surface area contributed by atoms with Crippen molar-refractivity contribution >= 4 is 0 Å². The smallest absolute Gasteiger partial charge is 0.120 e. The van der Waals surface area contributed by atoms with Gasteiger partial charge in [0.2, 0.25) is 0 Å². The summed E-state index contributed by atoms with van der Waals surface area (Å²) >= 11 is 0. The van der Waals surface area contributed by atoms with Crippen molar-refractivity contribution in [2.45, 2.75) is 13.0 Å². The summed E-state index contributed by atoms with van der Waals surface area (Å²) < 4.78 is 5.37. The fourth-order valence-electron chi connectivity index (χ4n) is 1.55. The molecule has 0 amide bonds. The van der Waals surface area contributed by atoms with Gasteiger partial charge in [-0.15, -0.1) is 0 Å². The number of imidazole rings is 1. The molecule has 0 radical (unpaired) electrons. The zero-order valence-corrected chi connectivity index (χ0v) is 7.70. The van der Waals surface area contributed by atoms with Gasteiger partial charge in [0.05, 0.1) is 13.2 Å². The molecule has 1 fully saturated rings. The van der Waals surface area contributed by atoms with Crippen LogP contribution in [0.3, 0.4) is 0 Å². The Hall–Kier alpha value is -0.870. The lowest BCUT2D eigenvalue weighted by atomic mass is 10.4. The Balaban J connectivity index is 1.86. The second kappa shape index (κ2) is 4.39. The number of hydrogen-bond donors (Lipinski definition) is 1. The van der Waals surface area contributed by atoms with Gasteiger partial charge in [-0.3, -0.25) is 4.90 Å². The normalized spacial score (nSPS) is 20.0. The summed E-state index contributed by atoms with van der Waals surface area (Å²) in [5, 5.41) is 0. The summed E-state index contributed by atoms with van der Waals surface area (Å²) in [5.74, 6) is 1.04. The molecule has 4 nitrogen and oxygen atoms in total. The highest BCUT2D eigenvalue weighted by molar-refractivity contribution is 4.86. The molecular formula is C9H15N3O. The third-order valence-electron chi connectivity index (χ3n) is 2.24. The molecule has 0 atom stereocenters. The molecule has 72 valence electrons. The molecule has 1 aromatic rings. The van der Waals surface area contributed by atoms with Gasteiger partial charge in [-0.1, -0.05) is 0 Å². The van der Waals surface area contributed by atoms with Crippen molar-refractivity contribution in [1.82, 2.24) is 14.9 Å². The molecule has 0 bridgehead atoms. The van der Waals surface area contributed by atoms with Crippen LogP contribution in [-0.2, 0) is 11.3 Å². The zero-order chi connectivity index (χ0) is 8.93. The van der Waals surface area contributed by atoms with Crippen LogP contribution in [0.25, 0.3) is 0 Å². The Labute approximate surface area is 77.9 Å². The SMILES string of the molecule is c1c[nH]c(CN2CCCOCC2)n1. The van der Waals surface area contributed by atoms with Crippen LogP contribution in [0.1, 0.15) is 12.2 Å². The Morgan fingerprint density at radius 2 is 2.46 bits per heavy atom. The first-order chi connectivity index (χ1) is 6.45. The Bertz CT molecular complexity index is 227. The molecule has 4 heteroatoms. The largest absolute Gasteiger partial charge is 0.380 e. The minimum atomic E-state index is 0.848. The van der Waals surface area contributed by atoms with Crippen molar-refractivity contribution in [3.63, 3.8) is 0 Å². The molecule has 1 saturated heterocycles. The molecule has 0 aromatic carbocycles. The van der Waals surface area contributed by atoms with Crippen molar-refractivity contribution in [3.05, 3.63) is 18.2 Å². The number of aromatic nitrogens is 2. The topological polar surface area (TPSA) is 41.2 Å². The fourth-order valence-corrected chi connectivity index (χ4v) is 1.55. The predicted octanol–water partition coefficient (Wildman–Crippen LogP) is 0.632. The zero-order valence-electron chi connectivity index (χ0n) is 7.70. The van der Waals surface area contributed by atoms with E-state index in [0.717, 1.165) is 45.1 Å². The minimum absolute atomic E-state index is 0.848. The summed E-state index contributed by atoms with van der Waals surface area (Å²) in [5.41, 5.74) is 0. The van der Waals surface area contributed by atoms with Crippen LogP contribution in [0.15, 0.2) is 12.4 Å². The van der Waals surface area contributed by atoms with Crippen LogP contribution in [0.4, 0.5) is 0 Å². The van der Waals surface area contributed by atoms with Crippen molar-refractivity contribution < 1.29 is 4.74 Å². The molecule has 1 aromatic heterocycles. The first-order valence-electron chi connectivity index (χ1n) is 4.73. The van der Waals surface area contributed by atoms with Crippen molar-refractivity contribution in [1.29, 1.82) is 0 Å². The van der Waals surface area contributed by atoms with Crippen LogP contribution in [-0.4, -0.2) is 41.2 Å². The molecule has 13 heavy (non-hydrogen) atoms. The van der Waals surface area contributed by atoms with Crippen LogP contribution < -0.4 is 0 Å². The molecule has 0 spiro atoms. The van der Waals surface area contributed by atoms with E-state index < -0.39 is 0 Å². The molecule has 1 aliphatic heterocycles. The molecule has 1 N–H and O–H groups in total. The van der Waals surface area contributed by atoms with E-state index in [2.05, 4.69) is 14.9 Å². The highest BCUT2D eigenvalue weighted by Crippen LogP contribution is 2.03. The highest BCUT2D eigenvalue weighted by Gasteiger charge is 2.09. The standard InChI is InChI=1S/C9H15N3O/c1-4-12(5-7-13-6-1)8-9-10-2-3-11-9/h2-3H,1,4-8H2,(H,10,11). The number of aromatic amines is 1. The second-order valence-corrected chi connectivity index (χ2v) is 3.28. The average molecular weight is 181 g/mol.